The molecule has 0 unspecified atom stereocenters. The Hall–Kier alpha value is -8.72. The Morgan fingerprint density at radius 3 is 0.985 bits per heavy atom. The Kier molecular flexibility index (Phi) is 12.0. The van der Waals surface area contributed by atoms with Gasteiger partial charge in [0.25, 0.3) is 0 Å². The van der Waals surface area contributed by atoms with Gasteiger partial charge in [-0.3, -0.25) is 0 Å². The molecule has 0 atom stereocenters. The number of hydrogen-bond donors (Lipinski definition) is 0. The van der Waals surface area contributed by atoms with E-state index >= 15 is 0 Å². The summed E-state index contributed by atoms with van der Waals surface area (Å²) in [6.45, 7) is 0. The monoisotopic (exact) mass is 870 g/mol. The van der Waals surface area contributed by atoms with Crippen LogP contribution in [0.2, 0.25) is 0 Å². The highest BCUT2D eigenvalue weighted by Crippen LogP contribution is 2.44. The molecule has 0 amide bonds. The van der Waals surface area contributed by atoms with E-state index in [1.807, 2.05) is 0 Å². The van der Waals surface area contributed by atoms with E-state index in [9.17, 15) is 0 Å². The Balaban J connectivity index is 0.939. The lowest BCUT2D eigenvalue weighted by Gasteiger charge is -2.27. The molecular formula is C66H50N2. The fourth-order valence-electron chi connectivity index (χ4n) is 9.61. The van der Waals surface area contributed by atoms with E-state index in [1.165, 1.54) is 55.6 Å². The number of allylic oxidation sites excluding steroid dienone is 4. The third-order valence-electron chi connectivity index (χ3n) is 12.9. The predicted octanol–water partition coefficient (Wildman–Crippen LogP) is 18.7. The fourth-order valence-corrected chi connectivity index (χ4v) is 9.61. The minimum Gasteiger partial charge on any atom is -0.310 e. The third-order valence-corrected chi connectivity index (χ3v) is 12.9. The van der Waals surface area contributed by atoms with Crippen LogP contribution in [0.1, 0.15) is 18.4 Å². The second-order valence-electron chi connectivity index (χ2n) is 17.2. The highest BCUT2D eigenvalue weighted by Gasteiger charge is 2.20. The number of rotatable bonds is 12. The van der Waals surface area contributed by atoms with E-state index in [1.54, 1.807) is 0 Å². The third kappa shape index (κ3) is 8.72. The van der Waals surface area contributed by atoms with Gasteiger partial charge in [0.2, 0.25) is 0 Å². The maximum absolute atomic E-state index is 2.37. The summed E-state index contributed by atoms with van der Waals surface area (Å²) in [7, 11) is 0. The van der Waals surface area contributed by atoms with Crippen molar-refractivity contribution in [1.29, 1.82) is 0 Å². The summed E-state index contributed by atoms with van der Waals surface area (Å²) in [6.07, 6.45) is 9.09. The van der Waals surface area contributed by atoms with Gasteiger partial charge >= 0.3 is 0 Å². The Labute approximate surface area is 400 Å². The SMILES string of the molecule is C1=CC(c2ccc(N(c3ccccc3)c3ccc(-c4ccccc4-c4ccc(N(c5ccccc5)c5ccc(-c6ccccc6)c(-c6ccccc6)c5)cc4)cc3)cc2-c2ccccc2)=CCC1. The van der Waals surface area contributed by atoms with Crippen LogP contribution in [-0.4, -0.2) is 0 Å². The van der Waals surface area contributed by atoms with Crippen molar-refractivity contribution in [3.8, 4) is 55.6 Å². The first-order valence-corrected chi connectivity index (χ1v) is 23.6. The van der Waals surface area contributed by atoms with Crippen molar-refractivity contribution in [1.82, 2.24) is 0 Å². The molecular weight excluding hydrogens is 821 g/mol. The topological polar surface area (TPSA) is 6.48 Å². The summed E-state index contributed by atoms with van der Waals surface area (Å²) < 4.78 is 0. The van der Waals surface area contributed by atoms with Crippen LogP contribution in [0, 0.1) is 0 Å². The van der Waals surface area contributed by atoms with Gasteiger partial charge < -0.3 is 9.80 Å². The first-order chi connectivity index (χ1) is 33.7. The number of benzene rings is 10. The van der Waals surface area contributed by atoms with E-state index < -0.39 is 0 Å². The largest absolute Gasteiger partial charge is 0.310 e. The summed E-state index contributed by atoms with van der Waals surface area (Å²) in [5.41, 5.74) is 21.0. The van der Waals surface area contributed by atoms with Crippen molar-refractivity contribution >= 4 is 39.7 Å². The highest BCUT2D eigenvalue weighted by molar-refractivity contribution is 5.92. The summed E-state index contributed by atoms with van der Waals surface area (Å²) in [5.74, 6) is 0. The molecule has 11 rings (SSSR count). The van der Waals surface area contributed by atoms with Gasteiger partial charge in [0.05, 0.1) is 0 Å². The molecule has 0 N–H and O–H groups in total. The molecule has 10 aromatic rings. The van der Waals surface area contributed by atoms with Gasteiger partial charge in [0.15, 0.2) is 0 Å². The molecule has 68 heavy (non-hydrogen) atoms. The maximum atomic E-state index is 2.37. The minimum atomic E-state index is 1.06. The van der Waals surface area contributed by atoms with E-state index in [-0.39, 0.29) is 0 Å². The quantitative estimate of drug-likeness (QED) is 0.121. The summed E-state index contributed by atoms with van der Waals surface area (Å²) in [4.78, 5) is 4.72. The molecule has 0 aliphatic heterocycles. The molecule has 0 fully saturated rings. The maximum Gasteiger partial charge on any atom is 0.0468 e. The second kappa shape index (κ2) is 19.4. The first-order valence-electron chi connectivity index (χ1n) is 23.6. The van der Waals surface area contributed by atoms with Crippen molar-refractivity contribution in [2.45, 2.75) is 12.8 Å². The van der Waals surface area contributed by atoms with Crippen molar-refractivity contribution in [3.63, 3.8) is 0 Å². The van der Waals surface area contributed by atoms with Crippen LogP contribution in [0.15, 0.2) is 279 Å². The molecule has 0 heterocycles. The zero-order chi connectivity index (χ0) is 45.5. The van der Waals surface area contributed by atoms with E-state index in [0.717, 1.165) is 58.1 Å². The number of nitrogens with zero attached hydrogens (tertiary/aromatic N) is 2. The molecule has 0 saturated carbocycles. The van der Waals surface area contributed by atoms with Gasteiger partial charge in [-0.1, -0.05) is 206 Å². The van der Waals surface area contributed by atoms with E-state index in [4.69, 9.17) is 0 Å². The number of hydrogen-bond acceptors (Lipinski definition) is 2. The molecule has 0 saturated heterocycles. The smallest absolute Gasteiger partial charge is 0.0468 e. The van der Waals surface area contributed by atoms with Crippen molar-refractivity contribution in [2.24, 2.45) is 0 Å². The molecule has 0 bridgehead atoms. The van der Waals surface area contributed by atoms with Gasteiger partial charge in [0, 0.05) is 34.1 Å². The standard InChI is InChI=1S/C66H50N2/c1-7-21-49(22-8-1)63-45-43-59(47-65(63)51-25-11-3-12-26-51)67(55-29-15-5-16-30-55)57-39-35-53(36-40-57)61-33-19-20-34-62(61)54-37-41-58(42-38-54)68(56-31-17-6-18-32-56)60-44-46-64(50-23-9-2-10-24-50)66(48-60)52-27-13-4-14-28-52/h1,3-9,11-48H,2,10H2. The van der Waals surface area contributed by atoms with Crippen molar-refractivity contribution in [2.75, 3.05) is 9.80 Å². The Bertz CT molecular complexity index is 3340. The van der Waals surface area contributed by atoms with Crippen LogP contribution in [0.4, 0.5) is 34.1 Å². The Morgan fingerprint density at radius 2 is 0.559 bits per heavy atom. The molecule has 1 aliphatic rings. The zero-order valence-corrected chi connectivity index (χ0v) is 37.9. The predicted molar refractivity (Wildman–Crippen MR) is 289 cm³/mol. The van der Waals surface area contributed by atoms with Gasteiger partial charge in [-0.25, -0.2) is 0 Å². The average molecular weight is 871 g/mol. The number of para-hydroxylation sites is 2. The lowest BCUT2D eigenvalue weighted by molar-refractivity contribution is 1.04. The van der Waals surface area contributed by atoms with Crippen LogP contribution >= 0.6 is 0 Å². The molecule has 10 aromatic carbocycles. The van der Waals surface area contributed by atoms with Gasteiger partial charge in [-0.2, -0.15) is 0 Å². The second-order valence-corrected chi connectivity index (χ2v) is 17.2. The molecule has 324 valence electrons. The summed E-state index contributed by atoms with van der Waals surface area (Å²) >= 11 is 0. The zero-order valence-electron chi connectivity index (χ0n) is 37.9. The lowest BCUT2D eigenvalue weighted by atomic mass is 9.91. The fraction of sp³-hybridized carbons (Fsp3) is 0.0303. The van der Waals surface area contributed by atoms with Crippen molar-refractivity contribution < 1.29 is 0 Å². The van der Waals surface area contributed by atoms with Crippen LogP contribution < -0.4 is 9.80 Å². The molecule has 2 heteroatoms. The van der Waals surface area contributed by atoms with Crippen molar-refractivity contribution in [3.05, 3.63) is 285 Å². The molecule has 0 spiro atoms. The van der Waals surface area contributed by atoms with E-state index in [2.05, 4.69) is 289 Å². The summed E-state index contributed by atoms with van der Waals surface area (Å²) in [6, 6.07) is 94.1. The van der Waals surface area contributed by atoms with Crippen LogP contribution in [0.3, 0.4) is 0 Å². The van der Waals surface area contributed by atoms with Gasteiger partial charge in [-0.05, 0) is 152 Å². The van der Waals surface area contributed by atoms with E-state index in [0.29, 0.717) is 0 Å². The summed E-state index contributed by atoms with van der Waals surface area (Å²) in [5, 5.41) is 0. The lowest BCUT2D eigenvalue weighted by Crippen LogP contribution is -2.10. The molecule has 0 aromatic heterocycles. The minimum absolute atomic E-state index is 1.06. The van der Waals surface area contributed by atoms with Gasteiger partial charge in [-0.15, -0.1) is 0 Å². The normalized spacial score (nSPS) is 12.0. The Morgan fingerprint density at radius 1 is 0.235 bits per heavy atom. The number of anilines is 6. The molecule has 1 aliphatic carbocycles. The van der Waals surface area contributed by atoms with Gasteiger partial charge in [0.1, 0.15) is 0 Å². The average Bonchev–Trinajstić information content (AvgIpc) is 3.43. The van der Waals surface area contributed by atoms with Crippen LogP contribution in [0.25, 0.3) is 61.2 Å². The highest BCUT2D eigenvalue weighted by atomic mass is 15.1. The first kappa shape index (κ1) is 41.9. The molecule has 2 nitrogen and oxygen atoms in total. The van der Waals surface area contributed by atoms with Crippen LogP contribution in [0.5, 0.6) is 0 Å². The van der Waals surface area contributed by atoms with Crippen LogP contribution in [-0.2, 0) is 0 Å². The molecule has 0 radical (unpaired) electrons.